The van der Waals surface area contributed by atoms with Crippen molar-refractivity contribution in [3.8, 4) is 0 Å². The van der Waals surface area contributed by atoms with E-state index in [2.05, 4.69) is 22.5 Å². The van der Waals surface area contributed by atoms with Crippen molar-refractivity contribution in [1.82, 2.24) is 20.0 Å². The lowest BCUT2D eigenvalue weighted by molar-refractivity contribution is -0.00351. The Balaban J connectivity index is 1.49. The fourth-order valence-corrected chi connectivity index (χ4v) is 2.64. The van der Waals surface area contributed by atoms with Crippen LogP contribution >= 0.6 is 0 Å². The van der Waals surface area contributed by atoms with Gasteiger partial charge in [-0.2, -0.15) is 5.10 Å². The van der Waals surface area contributed by atoms with Gasteiger partial charge in [-0.05, 0) is 24.1 Å². The van der Waals surface area contributed by atoms with Crippen LogP contribution in [-0.2, 0) is 17.8 Å². The van der Waals surface area contributed by atoms with Gasteiger partial charge in [-0.25, -0.2) is 4.79 Å². The smallest absolute Gasteiger partial charge is 0.317 e. The van der Waals surface area contributed by atoms with E-state index in [0.717, 1.165) is 12.1 Å². The Morgan fingerprint density at radius 1 is 1.35 bits per heavy atom. The van der Waals surface area contributed by atoms with Crippen molar-refractivity contribution in [2.45, 2.75) is 26.1 Å². The van der Waals surface area contributed by atoms with Crippen LogP contribution in [0.2, 0.25) is 0 Å². The average Bonchev–Trinajstić information content (AvgIpc) is 3.07. The number of nitrogens with zero attached hydrogens (tertiary/aromatic N) is 3. The van der Waals surface area contributed by atoms with Crippen molar-refractivity contribution in [1.29, 1.82) is 0 Å². The van der Waals surface area contributed by atoms with E-state index < -0.39 is 0 Å². The third-order valence-electron chi connectivity index (χ3n) is 3.90. The van der Waals surface area contributed by atoms with Gasteiger partial charge in [-0.3, -0.25) is 4.68 Å². The Morgan fingerprint density at radius 3 is 2.83 bits per heavy atom. The summed E-state index contributed by atoms with van der Waals surface area (Å²) in [6, 6.07) is 10.1. The summed E-state index contributed by atoms with van der Waals surface area (Å²) in [5.74, 6) is 0. The maximum Gasteiger partial charge on any atom is 0.317 e. The van der Waals surface area contributed by atoms with Crippen molar-refractivity contribution in [2.75, 3.05) is 19.7 Å². The molecular weight excluding hydrogens is 292 g/mol. The van der Waals surface area contributed by atoms with Crippen LogP contribution in [0.15, 0.2) is 42.7 Å². The number of morpholine rings is 1. The predicted molar refractivity (Wildman–Crippen MR) is 87.0 cm³/mol. The minimum absolute atomic E-state index is 0.0271. The molecule has 0 aliphatic carbocycles. The maximum absolute atomic E-state index is 12.1. The van der Waals surface area contributed by atoms with Gasteiger partial charge >= 0.3 is 6.03 Å². The molecule has 2 aromatic rings. The van der Waals surface area contributed by atoms with Crippen molar-refractivity contribution >= 4 is 6.03 Å². The minimum Gasteiger partial charge on any atom is -0.375 e. The number of nitrogens with one attached hydrogen (secondary N) is 1. The first-order chi connectivity index (χ1) is 11.2. The molecule has 122 valence electrons. The Bertz CT molecular complexity index is 625. The molecule has 0 saturated carbocycles. The monoisotopic (exact) mass is 314 g/mol. The lowest BCUT2D eigenvalue weighted by Crippen LogP contribution is -2.48. The number of aromatic nitrogens is 2. The van der Waals surface area contributed by atoms with Crippen LogP contribution in [0.3, 0.4) is 0 Å². The molecule has 1 aromatic carbocycles. The van der Waals surface area contributed by atoms with Gasteiger partial charge in [0.2, 0.25) is 0 Å². The maximum atomic E-state index is 12.1. The highest BCUT2D eigenvalue weighted by atomic mass is 16.5. The molecule has 23 heavy (non-hydrogen) atoms. The van der Waals surface area contributed by atoms with Gasteiger partial charge in [-0.15, -0.1) is 0 Å². The third-order valence-corrected chi connectivity index (χ3v) is 3.90. The lowest BCUT2D eigenvalue weighted by atomic mass is 10.1. The van der Waals surface area contributed by atoms with Gasteiger partial charge < -0.3 is 15.0 Å². The number of carbonyl (C=O) groups excluding carboxylic acids is 1. The SMILES string of the molecule is C[C@H]1CN(C(=O)NCc2ccc(Cn3cccn3)cc2)CCO1. The van der Waals surface area contributed by atoms with E-state index >= 15 is 0 Å². The first kappa shape index (κ1) is 15.6. The highest BCUT2D eigenvalue weighted by Gasteiger charge is 2.20. The van der Waals surface area contributed by atoms with E-state index in [1.54, 1.807) is 11.1 Å². The summed E-state index contributed by atoms with van der Waals surface area (Å²) < 4.78 is 7.33. The van der Waals surface area contributed by atoms with E-state index in [9.17, 15) is 4.79 Å². The normalized spacial score (nSPS) is 18.0. The van der Waals surface area contributed by atoms with Crippen molar-refractivity contribution in [2.24, 2.45) is 0 Å². The number of rotatable bonds is 4. The zero-order valence-corrected chi connectivity index (χ0v) is 13.3. The molecule has 1 N–H and O–H groups in total. The van der Waals surface area contributed by atoms with Crippen LogP contribution in [0, 0.1) is 0 Å². The topological polar surface area (TPSA) is 59.4 Å². The number of hydrogen-bond donors (Lipinski definition) is 1. The van der Waals surface area contributed by atoms with Crippen LogP contribution in [0.4, 0.5) is 4.79 Å². The Hall–Kier alpha value is -2.34. The zero-order valence-electron chi connectivity index (χ0n) is 13.3. The molecule has 0 spiro atoms. The van der Waals surface area contributed by atoms with E-state index in [0.29, 0.717) is 26.2 Å². The zero-order chi connectivity index (χ0) is 16.1. The number of benzene rings is 1. The van der Waals surface area contributed by atoms with E-state index in [4.69, 9.17) is 4.74 Å². The molecule has 2 amide bonds. The largest absolute Gasteiger partial charge is 0.375 e. The van der Waals surface area contributed by atoms with Gasteiger partial charge in [0.25, 0.3) is 0 Å². The first-order valence-electron chi connectivity index (χ1n) is 7.90. The van der Waals surface area contributed by atoms with Gasteiger partial charge in [0, 0.05) is 32.0 Å². The van der Waals surface area contributed by atoms with Gasteiger partial charge in [0.1, 0.15) is 0 Å². The molecule has 6 heteroatoms. The summed E-state index contributed by atoms with van der Waals surface area (Å²) in [6.07, 6.45) is 3.82. The van der Waals surface area contributed by atoms with Crippen LogP contribution < -0.4 is 5.32 Å². The molecule has 1 saturated heterocycles. The Kier molecular flexibility index (Phi) is 4.92. The molecular formula is C17H22N4O2. The number of ether oxygens (including phenoxy) is 1. The second-order valence-corrected chi connectivity index (χ2v) is 5.81. The molecule has 1 atom stereocenters. The molecule has 6 nitrogen and oxygen atoms in total. The highest BCUT2D eigenvalue weighted by Crippen LogP contribution is 2.08. The molecule has 0 bridgehead atoms. The summed E-state index contributed by atoms with van der Waals surface area (Å²) in [7, 11) is 0. The summed E-state index contributed by atoms with van der Waals surface area (Å²) in [4.78, 5) is 13.9. The molecule has 1 aromatic heterocycles. The standard InChI is InChI=1S/C17H22N4O2/c1-14-12-20(9-10-23-14)17(22)18-11-15-3-5-16(6-4-15)13-21-8-2-7-19-21/h2-8,14H,9-13H2,1H3,(H,18,22)/t14-/m0/s1. The molecule has 0 unspecified atom stereocenters. The summed E-state index contributed by atoms with van der Waals surface area (Å²) in [6.45, 7) is 5.18. The van der Waals surface area contributed by atoms with Crippen molar-refractivity contribution in [3.63, 3.8) is 0 Å². The Labute approximate surface area is 136 Å². The van der Waals surface area contributed by atoms with Crippen LogP contribution in [0.25, 0.3) is 0 Å². The fraction of sp³-hybridized carbons (Fsp3) is 0.412. The summed E-state index contributed by atoms with van der Waals surface area (Å²) in [5.41, 5.74) is 2.27. The predicted octanol–water partition coefficient (Wildman–Crippen LogP) is 1.86. The molecule has 3 rings (SSSR count). The fourth-order valence-electron chi connectivity index (χ4n) is 2.64. The van der Waals surface area contributed by atoms with E-state index in [1.165, 1.54) is 5.56 Å². The minimum atomic E-state index is -0.0271. The first-order valence-corrected chi connectivity index (χ1v) is 7.90. The molecule has 0 radical (unpaired) electrons. The summed E-state index contributed by atoms with van der Waals surface area (Å²) >= 11 is 0. The number of carbonyl (C=O) groups is 1. The summed E-state index contributed by atoms with van der Waals surface area (Å²) in [5, 5.41) is 7.16. The molecule has 2 heterocycles. The van der Waals surface area contributed by atoms with Gasteiger partial charge in [0.15, 0.2) is 0 Å². The number of amides is 2. The Morgan fingerprint density at radius 2 is 2.13 bits per heavy atom. The van der Waals surface area contributed by atoms with Crippen molar-refractivity contribution < 1.29 is 9.53 Å². The van der Waals surface area contributed by atoms with Gasteiger partial charge in [-0.1, -0.05) is 24.3 Å². The molecule has 1 aliphatic rings. The van der Waals surface area contributed by atoms with Crippen LogP contribution in [0.5, 0.6) is 0 Å². The molecule has 1 fully saturated rings. The lowest BCUT2D eigenvalue weighted by Gasteiger charge is -2.31. The quantitative estimate of drug-likeness (QED) is 0.937. The van der Waals surface area contributed by atoms with Crippen LogP contribution in [0.1, 0.15) is 18.1 Å². The number of hydrogen-bond acceptors (Lipinski definition) is 3. The van der Waals surface area contributed by atoms with Gasteiger partial charge in [0.05, 0.1) is 19.3 Å². The van der Waals surface area contributed by atoms with E-state index in [-0.39, 0.29) is 12.1 Å². The highest BCUT2D eigenvalue weighted by molar-refractivity contribution is 5.74. The van der Waals surface area contributed by atoms with Crippen LogP contribution in [-0.4, -0.2) is 46.5 Å². The second kappa shape index (κ2) is 7.28. The number of urea groups is 1. The van der Waals surface area contributed by atoms with Crippen molar-refractivity contribution in [3.05, 3.63) is 53.9 Å². The molecule has 1 aliphatic heterocycles. The average molecular weight is 314 g/mol. The van der Waals surface area contributed by atoms with E-state index in [1.807, 2.05) is 36.0 Å². The second-order valence-electron chi connectivity index (χ2n) is 5.81. The third kappa shape index (κ3) is 4.32.